The molecule has 90 valence electrons. The molecule has 0 saturated carbocycles. The molecule has 0 fully saturated rings. The molecule has 2 N–H and O–H groups in total. The fourth-order valence-electron chi connectivity index (χ4n) is 1.79. The van der Waals surface area contributed by atoms with Crippen molar-refractivity contribution < 1.29 is 4.43 Å². The van der Waals surface area contributed by atoms with Crippen molar-refractivity contribution in [2.24, 2.45) is 11.1 Å². The third kappa shape index (κ3) is 7.77. The van der Waals surface area contributed by atoms with E-state index in [2.05, 4.69) is 40.4 Å². The molecule has 0 aromatic rings. The average molecular weight is 229 g/mol. The first-order valence-corrected chi connectivity index (χ1v) is 8.70. The first kappa shape index (κ1) is 14.9. The van der Waals surface area contributed by atoms with E-state index in [0.29, 0.717) is 12.0 Å². The predicted molar refractivity (Wildman–Crippen MR) is 70.5 cm³/mol. The van der Waals surface area contributed by atoms with E-state index < -0.39 is 8.32 Å². The maximum atomic E-state index is 5.98. The van der Waals surface area contributed by atoms with Gasteiger partial charge in [-0.2, -0.15) is 0 Å². The zero-order valence-electron chi connectivity index (χ0n) is 11.2. The summed E-state index contributed by atoms with van der Waals surface area (Å²) in [4.78, 5) is 0. The van der Waals surface area contributed by atoms with Crippen molar-refractivity contribution in [1.29, 1.82) is 0 Å². The number of hydrogen-bond acceptors (Lipinski definition) is 2. The molecule has 0 aliphatic carbocycles. The van der Waals surface area contributed by atoms with Crippen LogP contribution in [0.2, 0.25) is 19.1 Å². The third-order valence-corrected chi connectivity index (χ3v) is 5.10. The van der Waals surface area contributed by atoms with Crippen LogP contribution in [0.15, 0.2) is 12.2 Å². The highest BCUT2D eigenvalue weighted by atomic mass is 28.4. The monoisotopic (exact) mass is 229 g/mol. The predicted octanol–water partition coefficient (Wildman–Crippen LogP) is 3.16. The summed E-state index contributed by atoms with van der Waals surface area (Å²) >= 11 is 0. The zero-order valence-corrected chi connectivity index (χ0v) is 12.2. The summed E-state index contributed by atoms with van der Waals surface area (Å²) < 4.78 is 5.98. The first-order valence-electron chi connectivity index (χ1n) is 5.58. The standard InChI is InChI=1S/C12H27NOSi/c1-10(2)11(13)8-14-15(6,7)9-12(3,4)5/h11H,1,8-9,13H2,2-7H3/t11-/m1/s1. The summed E-state index contributed by atoms with van der Waals surface area (Å²) in [5.74, 6) is 0. The Kier molecular flexibility index (Phi) is 5.24. The smallest absolute Gasteiger partial charge is 0.187 e. The summed E-state index contributed by atoms with van der Waals surface area (Å²) in [5, 5.41) is 0. The molecule has 0 bridgehead atoms. The number of rotatable bonds is 5. The summed E-state index contributed by atoms with van der Waals surface area (Å²) in [5.41, 5.74) is 7.22. The van der Waals surface area contributed by atoms with Gasteiger partial charge in [-0.3, -0.25) is 0 Å². The molecule has 0 aliphatic rings. The van der Waals surface area contributed by atoms with Crippen LogP contribution in [0.5, 0.6) is 0 Å². The van der Waals surface area contributed by atoms with Gasteiger partial charge in [0.2, 0.25) is 0 Å². The molecule has 0 aliphatic heterocycles. The van der Waals surface area contributed by atoms with Crippen LogP contribution in [0.4, 0.5) is 0 Å². The minimum atomic E-state index is -1.57. The Morgan fingerprint density at radius 3 is 2.20 bits per heavy atom. The van der Waals surface area contributed by atoms with Crippen molar-refractivity contribution in [3.05, 3.63) is 12.2 Å². The van der Waals surface area contributed by atoms with Gasteiger partial charge in [0, 0.05) is 6.04 Å². The van der Waals surface area contributed by atoms with Crippen LogP contribution in [-0.4, -0.2) is 21.0 Å². The summed E-state index contributed by atoms with van der Waals surface area (Å²) in [7, 11) is -1.57. The molecule has 0 rings (SSSR count). The fraction of sp³-hybridized carbons (Fsp3) is 0.833. The normalized spacial score (nSPS) is 15.1. The van der Waals surface area contributed by atoms with E-state index in [1.807, 2.05) is 6.92 Å². The van der Waals surface area contributed by atoms with Crippen molar-refractivity contribution >= 4 is 8.32 Å². The highest BCUT2D eigenvalue weighted by molar-refractivity contribution is 6.71. The van der Waals surface area contributed by atoms with Gasteiger partial charge in [0.25, 0.3) is 0 Å². The van der Waals surface area contributed by atoms with Crippen LogP contribution in [-0.2, 0) is 4.43 Å². The third-order valence-electron chi connectivity index (χ3n) is 2.24. The highest BCUT2D eigenvalue weighted by Crippen LogP contribution is 2.28. The second-order valence-electron chi connectivity index (χ2n) is 6.26. The maximum absolute atomic E-state index is 5.98. The molecule has 0 amide bonds. The quantitative estimate of drug-likeness (QED) is 0.580. The van der Waals surface area contributed by atoms with Crippen LogP contribution in [0.1, 0.15) is 27.7 Å². The molecule has 0 saturated heterocycles. The van der Waals surface area contributed by atoms with Crippen LogP contribution in [0, 0.1) is 5.41 Å². The second kappa shape index (κ2) is 5.28. The van der Waals surface area contributed by atoms with Gasteiger partial charge in [-0.05, 0) is 31.5 Å². The lowest BCUT2D eigenvalue weighted by Gasteiger charge is -2.31. The summed E-state index contributed by atoms with van der Waals surface area (Å²) in [6.45, 7) is 17.7. The zero-order chi connectivity index (χ0) is 12.3. The Labute approximate surface area is 96.0 Å². The van der Waals surface area contributed by atoms with Crippen molar-refractivity contribution in [3.8, 4) is 0 Å². The molecule has 15 heavy (non-hydrogen) atoms. The molecule has 3 heteroatoms. The van der Waals surface area contributed by atoms with Gasteiger partial charge in [-0.15, -0.1) is 0 Å². The topological polar surface area (TPSA) is 35.2 Å². The molecular formula is C12H27NOSi. The summed E-state index contributed by atoms with van der Waals surface area (Å²) in [6.07, 6.45) is 0. The maximum Gasteiger partial charge on any atom is 0.187 e. The Hall–Kier alpha value is -0.123. The van der Waals surface area contributed by atoms with Crippen molar-refractivity contribution in [1.82, 2.24) is 0 Å². The van der Waals surface area contributed by atoms with Gasteiger partial charge in [0.05, 0.1) is 6.61 Å². The van der Waals surface area contributed by atoms with E-state index in [-0.39, 0.29) is 6.04 Å². The summed E-state index contributed by atoms with van der Waals surface area (Å²) in [6, 6.07) is 1.14. The molecule has 0 heterocycles. The molecular weight excluding hydrogens is 202 g/mol. The SMILES string of the molecule is C=C(C)[C@H](N)CO[Si](C)(C)CC(C)(C)C. The van der Waals surface area contributed by atoms with E-state index in [9.17, 15) is 0 Å². The average Bonchev–Trinajstić information content (AvgIpc) is 1.95. The number of hydrogen-bond donors (Lipinski definition) is 1. The molecule has 1 atom stereocenters. The molecule has 0 aromatic heterocycles. The van der Waals surface area contributed by atoms with Crippen molar-refractivity contribution in [2.45, 2.75) is 52.9 Å². The number of nitrogens with two attached hydrogens (primary N) is 1. The van der Waals surface area contributed by atoms with E-state index in [1.54, 1.807) is 0 Å². The fourth-order valence-corrected chi connectivity index (χ4v) is 5.07. The van der Waals surface area contributed by atoms with Gasteiger partial charge >= 0.3 is 0 Å². The van der Waals surface area contributed by atoms with E-state index in [1.165, 1.54) is 0 Å². The van der Waals surface area contributed by atoms with Crippen LogP contribution >= 0.6 is 0 Å². The van der Waals surface area contributed by atoms with Crippen LogP contribution < -0.4 is 5.73 Å². The van der Waals surface area contributed by atoms with Gasteiger partial charge < -0.3 is 10.2 Å². The van der Waals surface area contributed by atoms with Crippen molar-refractivity contribution in [2.75, 3.05) is 6.61 Å². The highest BCUT2D eigenvalue weighted by Gasteiger charge is 2.29. The minimum absolute atomic E-state index is 0.0169. The molecule has 0 radical (unpaired) electrons. The van der Waals surface area contributed by atoms with Crippen LogP contribution in [0.25, 0.3) is 0 Å². The van der Waals surface area contributed by atoms with E-state index >= 15 is 0 Å². The Balaban J connectivity index is 4.10. The molecule has 0 unspecified atom stereocenters. The lowest BCUT2D eigenvalue weighted by atomic mass is 10.0. The van der Waals surface area contributed by atoms with Gasteiger partial charge in [0.15, 0.2) is 8.32 Å². The molecule has 0 aromatic carbocycles. The largest absolute Gasteiger partial charge is 0.415 e. The second-order valence-corrected chi connectivity index (χ2v) is 10.4. The van der Waals surface area contributed by atoms with Gasteiger partial charge in [-0.25, -0.2) is 0 Å². The Bertz CT molecular complexity index is 218. The van der Waals surface area contributed by atoms with Crippen LogP contribution in [0.3, 0.4) is 0 Å². The Morgan fingerprint density at radius 2 is 1.87 bits per heavy atom. The lowest BCUT2D eigenvalue weighted by molar-refractivity contribution is 0.279. The van der Waals surface area contributed by atoms with Crippen molar-refractivity contribution in [3.63, 3.8) is 0 Å². The minimum Gasteiger partial charge on any atom is -0.415 e. The van der Waals surface area contributed by atoms with Gasteiger partial charge in [0.1, 0.15) is 0 Å². The lowest BCUT2D eigenvalue weighted by Crippen LogP contribution is -2.39. The Morgan fingerprint density at radius 1 is 1.40 bits per heavy atom. The molecule has 0 spiro atoms. The van der Waals surface area contributed by atoms with E-state index in [4.69, 9.17) is 10.2 Å². The molecule has 2 nitrogen and oxygen atoms in total. The van der Waals surface area contributed by atoms with E-state index in [0.717, 1.165) is 11.6 Å². The first-order chi connectivity index (χ1) is 6.53. The van der Waals surface area contributed by atoms with Gasteiger partial charge in [-0.1, -0.05) is 32.9 Å².